The highest BCUT2D eigenvalue weighted by molar-refractivity contribution is 7.17. The van der Waals surface area contributed by atoms with Gasteiger partial charge in [0.25, 0.3) is 17.6 Å². The van der Waals surface area contributed by atoms with Gasteiger partial charge in [0, 0.05) is 23.9 Å². The largest absolute Gasteiger partial charge is 0.478 e. The maximum absolute atomic E-state index is 14.0. The first-order valence-corrected chi connectivity index (χ1v) is 10.2. The number of nitrogens with zero attached hydrogens (tertiary/aromatic N) is 3. The summed E-state index contributed by atoms with van der Waals surface area (Å²) in [6.07, 6.45) is -5.02. The van der Waals surface area contributed by atoms with Crippen molar-refractivity contribution in [1.29, 1.82) is 0 Å². The smallest absolute Gasteiger partial charge is 0.455 e. The zero-order valence-electron chi connectivity index (χ0n) is 16.7. The average Bonchev–Trinajstić information content (AvgIpc) is 3.30. The summed E-state index contributed by atoms with van der Waals surface area (Å²) in [6, 6.07) is 2.55. The normalized spacial score (nSPS) is 17.3. The van der Waals surface area contributed by atoms with Gasteiger partial charge in [-0.2, -0.15) is 18.2 Å². The van der Waals surface area contributed by atoms with E-state index >= 15 is 0 Å². The van der Waals surface area contributed by atoms with Crippen molar-refractivity contribution in [3.05, 3.63) is 45.9 Å². The van der Waals surface area contributed by atoms with Crippen LogP contribution in [0.5, 0.6) is 0 Å². The third-order valence-electron chi connectivity index (χ3n) is 5.00. The van der Waals surface area contributed by atoms with Gasteiger partial charge < -0.3 is 20.1 Å². The lowest BCUT2D eigenvalue weighted by atomic mass is 9.92. The topological polar surface area (TPSA) is 121 Å². The summed E-state index contributed by atoms with van der Waals surface area (Å²) < 4.78 is 71.8. The lowest BCUT2D eigenvalue weighted by Crippen LogP contribution is -2.34. The minimum Gasteiger partial charge on any atom is -0.478 e. The van der Waals surface area contributed by atoms with Crippen molar-refractivity contribution in [1.82, 2.24) is 15.1 Å². The molecule has 4 rings (SSSR count). The van der Waals surface area contributed by atoms with Crippen molar-refractivity contribution in [3.8, 4) is 11.5 Å². The molecule has 0 bridgehead atoms. The molecule has 0 saturated carbocycles. The molecule has 1 unspecified atom stereocenters. The molecule has 14 heteroatoms. The summed E-state index contributed by atoms with van der Waals surface area (Å²) in [4.78, 5) is 19.0. The number of fused-ring (bicyclic) bond motifs is 1. The van der Waals surface area contributed by atoms with E-state index in [9.17, 15) is 37.0 Å². The van der Waals surface area contributed by atoms with Gasteiger partial charge in [0.15, 0.2) is 5.72 Å². The summed E-state index contributed by atoms with van der Waals surface area (Å²) in [5.74, 6) is -6.51. The molecule has 0 spiro atoms. The van der Waals surface area contributed by atoms with Crippen LogP contribution in [0.2, 0.25) is 0 Å². The van der Waals surface area contributed by atoms with Crippen LogP contribution in [0.4, 0.5) is 27.0 Å². The first kappa shape index (κ1) is 23.0. The Hall–Kier alpha value is -3.13. The van der Waals surface area contributed by atoms with E-state index in [1.54, 1.807) is 0 Å². The van der Waals surface area contributed by atoms with Crippen LogP contribution in [0, 0.1) is 0 Å². The number of alkyl halides is 5. The molecule has 8 nitrogen and oxygen atoms in total. The van der Waals surface area contributed by atoms with E-state index in [2.05, 4.69) is 20.4 Å². The van der Waals surface area contributed by atoms with Gasteiger partial charge in [0.1, 0.15) is 10.7 Å². The van der Waals surface area contributed by atoms with Crippen LogP contribution in [-0.2, 0) is 24.7 Å². The summed E-state index contributed by atoms with van der Waals surface area (Å²) >= 11 is 0.776. The van der Waals surface area contributed by atoms with E-state index in [1.165, 1.54) is 25.3 Å². The number of pyridine rings is 1. The van der Waals surface area contributed by atoms with Gasteiger partial charge in [-0.25, -0.2) is 13.6 Å². The molecule has 3 heterocycles. The SMILES string of the molecule is CC(O)(Nc1sc2c(c1-c1nc(C(F)(F)F)no1)CCC(F)(F)C2)c1ncccc1C(=O)O. The number of thiophene rings is 1. The van der Waals surface area contributed by atoms with E-state index in [1.807, 2.05) is 0 Å². The lowest BCUT2D eigenvalue weighted by Gasteiger charge is -2.26. The molecule has 33 heavy (non-hydrogen) atoms. The molecule has 0 amide bonds. The standard InChI is InChI=1S/C19H15F5N4O4S/c1-17(31,12-9(15(29)30)3-2-6-25-12)27-14-11(13-26-16(28-32-13)19(22,23)24)8-4-5-18(20,21)7-10(8)33-14/h2-3,6,27,31H,4-5,7H2,1H3,(H,29,30). The zero-order valence-corrected chi connectivity index (χ0v) is 17.5. The molecular formula is C19H15F5N4O4S. The highest BCUT2D eigenvalue weighted by atomic mass is 32.1. The molecule has 0 fully saturated rings. The molecule has 0 aromatic carbocycles. The third-order valence-corrected chi connectivity index (χ3v) is 6.15. The number of aliphatic hydroxyl groups is 1. The number of carboxylic acids is 1. The highest BCUT2D eigenvalue weighted by Gasteiger charge is 2.42. The first-order chi connectivity index (χ1) is 15.3. The maximum atomic E-state index is 14.0. The van der Waals surface area contributed by atoms with Crippen molar-refractivity contribution in [2.24, 2.45) is 0 Å². The maximum Gasteiger partial charge on any atom is 0.455 e. The monoisotopic (exact) mass is 490 g/mol. The van der Waals surface area contributed by atoms with Gasteiger partial charge in [0.05, 0.1) is 11.1 Å². The van der Waals surface area contributed by atoms with Gasteiger partial charge in [-0.3, -0.25) is 4.98 Å². The Bertz CT molecular complexity index is 1220. The summed E-state index contributed by atoms with van der Waals surface area (Å²) in [6.45, 7) is 1.17. The molecule has 3 aromatic heterocycles. The van der Waals surface area contributed by atoms with E-state index < -0.39 is 48.3 Å². The Morgan fingerprint density at radius 3 is 2.70 bits per heavy atom. The van der Waals surface area contributed by atoms with Gasteiger partial charge in [-0.05, 0) is 31.0 Å². The number of aromatic nitrogens is 3. The Morgan fingerprint density at radius 2 is 2.06 bits per heavy atom. The van der Waals surface area contributed by atoms with Crippen LogP contribution in [0.1, 0.15) is 45.7 Å². The number of halogens is 5. The first-order valence-electron chi connectivity index (χ1n) is 9.41. The van der Waals surface area contributed by atoms with E-state index in [0.29, 0.717) is 5.56 Å². The number of hydrogen-bond donors (Lipinski definition) is 3. The van der Waals surface area contributed by atoms with Crippen molar-refractivity contribution >= 4 is 22.3 Å². The molecular weight excluding hydrogens is 475 g/mol. The van der Waals surface area contributed by atoms with Gasteiger partial charge in [0.2, 0.25) is 0 Å². The second kappa shape index (κ2) is 7.73. The van der Waals surface area contributed by atoms with Gasteiger partial charge in [-0.1, -0.05) is 5.16 Å². The van der Waals surface area contributed by atoms with Crippen LogP contribution >= 0.6 is 11.3 Å². The zero-order chi connectivity index (χ0) is 24.2. The predicted octanol–water partition coefficient (Wildman–Crippen LogP) is 4.31. The number of aromatic carboxylic acids is 1. The number of hydrogen-bond acceptors (Lipinski definition) is 8. The Balaban J connectivity index is 1.83. The number of nitrogens with one attached hydrogen (secondary N) is 1. The lowest BCUT2D eigenvalue weighted by molar-refractivity contribution is -0.146. The molecule has 3 N–H and O–H groups in total. The fourth-order valence-corrected chi connectivity index (χ4v) is 4.97. The molecule has 1 atom stereocenters. The van der Waals surface area contributed by atoms with Crippen molar-refractivity contribution in [3.63, 3.8) is 0 Å². The van der Waals surface area contributed by atoms with Crippen LogP contribution in [0.15, 0.2) is 22.9 Å². The van der Waals surface area contributed by atoms with Crippen molar-refractivity contribution in [2.75, 3.05) is 5.32 Å². The second-order valence-corrected chi connectivity index (χ2v) is 8.67. The quantitative estimate of drug-likeness (QED) is 0.357. The van der Waals surface area contributed by atoms with Crippen LogP contribution < -0.4 is 5.32 Å². The number of carbonyl (C=O) groups is 1. The van der Waals surface area contributed by atoms with Crippen molar-refractivity contribution < 1.29 is 41.5 Å². The van der Waals surface area contributed by atoms with Gasteiger partial charge in [-0.15, -0.1) is 11.3 Å². The molecule has 0 saturated heterocycles. The highest BCUT2D eigenvalue weighted by Crippen LogP contribution is 2.48. The minimum atomic E-state index is -4.89. The fraction of sp³-hybridized carbons (Fsp3) is 0.368. The Labute approximate surface area is 186 Å². The molecule has 1 aliphatic carbocycles. The Kier molecular flexibility index (Phi) is 5.40. The van der Waals surface area contributed by atoms with Gasteiger partial charge >= 0.3 is 12.1 Å². The van der Waals surface area contributed by atoms with E-state index in [4.69, 9.17) is 4.52 Å². The van der Waals surface area contributed by atoms with Crippen molar-refractivity contribution in [2.45, 2.75) is 44.0 Å². The number of carboxylic acid groups (broad SMARTS) is 1. The summed E-state index contributed by atoms with van der Waals surface area (Å²) in [5, 5.41) is 25.9. The second-order valence-electron chi connectivity index (χ2n) is 7.56. The van der Waals surface area contributed by atoms with Crippen LogP contribution in [-0.4, -0.2) is 37.2 Å². The predicted molar refractivity (Wildman–Crippen MR) is 104 cm³/mol. The summed E-state index contributed by atoms with van der Waals surface area (Å²) in [5.41, 5.74) is -2.53. The molecule has 176 valence electrons. The molecule has 1 aliphatic rings. The average molecular weight is 490 g/mol. The number of anilines is 1. The van der Waals surface area contributed by atoms with E-state index in [-0.39, 0.29) is 33.1 Å². The summed E-state index contributed by atoms with van der Waals surface area (Å²) in [7, 11) is 0. The van der Waals surface area contributed by atoms with Crippen LogP contribution in [0.3, 0.4) is 0 Å². The number of rotatable bonds is 5. The third kappa shape index (κ3) is 4.39. The minimum absolute atomic E-state index is 0.0398. The van der Waals surface area contributed by atoms with Crippen LogP contribution in [0.25, 0.3) is 11.5 Å². The fourth-order valence-electron chi connectivity index (χ4n) is 3.55. The molecule has 0 radical (unpaired) electrons. The molecule has 0 aliphatic heterocycles. The molecule has 3 aromatic rings. The Morgan fingerprint density at radius 1 is 1.33 bits per heavy atom. The van der Waals surface area contributed by atoms with E-state index in [0.717, 1.165) is 11.3 Å².